The maximum absolute atomic E-state index is 11.4. The number of esters is 1. The van der Waals surface area contributed by atoms with Crippen LogP contribution >= 0.6 is 22.7 Å². The highest BCUT2D eigenvalue weighted by Gasteiger charge is 2.21. The zero-order chi connectivity index (χ0) is 16.4. The van der Waals surface area contributed by atoms with Crippen molar-refractivity contribution in [3.63, 3.8) is 0 Å². The molecule has 0 bridgehead atoms. The van der Waals surface area contributed by atoms with Crippen LogP contribution in [0, 0.1) is 0 Å². The molecule has 0 fully saturated rings. The number of aromatic nitrogens is 2. The molecule has 0 aromatic carbocycles. The van der Waals surface area contributed by atoms with Crippen LogP contribution in [0.2, 0.25) is 0 Å². The third-order valence-corrected chi connectivity index (χ3v) is 5.78. The van der Waals surface area contributed by atoms with Gasteiger partial charge in [0.15, 0.2) is 0 Å². The van der Waals surface area contributed by atoms with E-state index in [9.17, 15) is 4.79 Å². The Balaban J connectivity index is 1.72. The highest BCUT2D eigenvalue weighted by Crippen LogP contribution is 2.27. The first-order valence-electron chi connectivity index (χ1n) is 7.51. The number of ether oxygens (including phenoxy) is 1. The molecule has 0 atom stereocenters. The zero-order valence-corrected chi connectivity index (χ0v) is 15.0. The lowest BCUT2D eigenvalue weighted by molar-refractivity contribution is 0.0606. The summed E-state index contributed by atoms with van der Waals surface area (Å²) in [6.45, 7) is 6.52. The number of rotatable bonds is 4. The molecule has 0 N–H and O–H groups in total. The number of thiazole rings is 2. The van der Waals surface area contributed by atoms with E-state index in [0.717, 1.165) is 29.5 Å². The summed E-state index contributed by atoms with van der Waals surface area (Å²) >= 11 is 3.06. The van der Waals surface area contributed by atoms with Crippen molar-refractivity contribution in [1.29, 1.82) is 0 Å². The van der Waals surface area contributed by atoms with Crippen molar-refractivity contribution in [3.8, 4) is 0 Å². The van der Waals surface area contributed by atoms with Crippen molar-refractivity contribution in [2.24, 2.45) is 0 Å². The highest BCUT2D eigenvalue weighted by molar-refractivity contribution is 7.14. The van der Waals surface area contributed by atoms with Gasteiger partial charge in [0.05, 0.1) is 19.0 Å². The lowest BCUT2D eigenvalue weighted by Crippen LogP contribution is -2.35. The Bertz CT molecular complexity index is 734. The summed E-state index contributed by atoms with van der Waals surface area (Å²) in [6, 6.07) is 0.566. The Labute approximate surface area is 143 Å². The third kappa shape index (κ3) is 3.68. The van der Waals surface area contributed by atoms with Crippen LogP contribution in [-0.2, 0) is 17.7 Å². The fraction of sp³-hybridized carbons (Fsp3) is 0.438. The number of hydrogen-bond donors (Lipinski definition) is 0. The van der Waals surface area contributed by atoms with E-state index >= 15 is 0 Å². The zero-order valence-electron chi connectivity index (χ0n) is 13.4. The first kappa shape index (κ1) is 16.3. The van der Waals surface area contributed by atoms with Crippen molar-refractivity contribution in [1.82, 2.24) is 14.9 Å². The van der Waals surface area contributed by atoms with E-state index in [1.807, 2.05) is 12.2 Å². The molecule has 0 saturated heterocycles. The minimum Gasteiger partial charge on any atom is -0.465 e. The van der Waals surface area contributed by atoms with Crippen LogP contribution in [0.3, 0.4) is 0 Å². The van der Waals surface area contributed by atoms with Crippen LogP contribution < -0.4 is 0 Å². The van der Waals surface area contributed by atoms with Gasteiger partial charge in [-0.1, -0.05) is 0 Å². The normalized spacial score (nSPS) is 15.3. The second-order valence-corrected chi connectivity index (χ2v) is 7.80. The van der Waals surface area contributed by atoms with Crippen molar-refractivity contribution in [2.45, 2.75) is 32.9 Å². The summed E-state index contributed by atoms with van der Waals surface area (Å²) in [4.78, 5) is 24.7. The van der Waals surface area contributed by atoms with Gasteiger partial charge in [0.2, 0.25) is 0 Å². The minimum atomic E-state index is -0.347. The first-order chi connectivity index (χ1) is 11.1. The molecule has 1 aliphatic rings. The molecule has 3 rings (SSSR count). The van der Waals surface area contributed by atoms with E-state index in [1.54, 1.807) is 17.5 Å². The molecular weight excluding hydrogens is 330 g/mol. The summed E-state index contributed by atoms with van der Waals surface area (Å²) in [5.41, 5.74) is 1.22. The fourth-order valence-corrected chi connectivity index (χ4v) is 4.23. The number of nitrogens with zero attached hydrogens (tertiary/aromatic N) is 3. The van der Waals surface area contributed by atoms with Gasteiger partial charge in [-0.15, -0.1) is 22.7 Å². The molecule has 0 saturated carbocycles. The number of methoxy groups -OCH3 is 1. The average molecular weight is 349 g/mol. The number of carbonyl (C=O) groups is 1. The van der Waals surface area contributed by atoms with Crippen LogP contribution in [0.4, 0.5) is 0 Å². The number of hydrogen-bond acceptors (Lipinski definition) is 7. The standard InChI is InChI=1S/C16H19N3O2S2/c1-10(2)19-7-6-11-13(9-19)23-15(18-11)5-4-14-17-8-12(22-14)16(20)21-3/h4-5,8,10H,6-7,9H2,1-3H3/b5-4+. The number of carbonyl (C=O) groups excluding carboxylic acids is 1. The predicted molar refractivity (Wildman–Crippen MR) is 93.7 cm³/mol. The SMILES string of the molecule is COC(=O)c1cnc(/C=C/c2nc3c(s2)CN(C(C)C)CC3)s1. The molecule has 122 valence electrons. The molecule has 3 heterocycles. The first-order valence-corrected chi connectivity index (χ1v) is 9.15. The van der Waals surface area contributed by atoms with E-state index < -0.39 is 0 Å². The Hall–Kier alpha value is -1.57. The quantitative estimate of drug-likeness (QED) is 0.793. The lowest BCUT2D eigenvalue weighted by atomic mass is 10.1. The maximum Gasteiger partial charge on any atom is 0.349 e. The minimum absolute atomic E-state index is 0.347. The largest absolute Gasteiger partial charge is 0.465 e. The van der Waals surface area contributed by atoms with Gasteiger partial charge in [0.1, 0.15) is 14.9 Å². The van der Waals surface area contributed by atoms with Crippen LogP contribution in [0.1, 0.15) is 44.1 Å². The van der Waals surface area contributed by atoms with Crippen molar-refractivity contribution in [2.75, 3.05) is 13.7 Å². The van der Waals surface area contributed by atoms with E-state index in [1.165, 1.54) is 29.0 Å². The molecular formula is C16H19N3O2S2. The second kappa shape index (κ2) is 6.90. The van der Waals surface area contributed by atoms with E-state index in [0.29, 0.717) is 10.9 Å². The molecule has 2 aromatic rings. The Morgan fingerprint density at radius 1 is 1.35 bits per heavy atom. The maximum atomic E-state index is 11.4. The highest BCUT2D eigenvalue weighted by atomic mass is 32.1. The number of fused-ring (bicyclic) bond motifs is 1. The smallest absolute Gasteiger partial charge is 0.349 e. The average Bonchev–Trinajstić information content (AvgIpc) is 3.17. The van der Waals surface area contributed by atoms with Gasteiger partial charge >= 0.3 is 5.97 Å². The molecule has 23 heavy (non-hydrogen) atoms. The second-order valence-electron chi connectivity index (χ2n) is 5.62. The fourth-order valence-electron chi connectivity index (χ4n) is 2.45. The molecule has 7 heteroatoms. The van der Waals surface area contributed by atoms with Gasteiger partial charge in [-0.2, -0.15) is 0 Å². The van der Waals surface area contributed by atoms with Crippen LogP contribution in [0.5, 0.6) is 0 Å². The third-order valence-electron chi connectivity index (χ3n) is 3.79. The molecule has 0 amide bonds. The van der Waals surface area contributed by atoms with Crippen LogP contribution in [0.25, 0.3) is 12.2 Å². The molecule has 0 unspecified atom stereocenters. The van der Waals surface area contributed by atoms with Gasteiger partial charge in [-0.3, -0.25) is 4.90 Å². The molecule has 1 aliphatic heterocycles. The Morgan fingerprint density at radius 2 is 2.13 bits per heavy atom. The van der Waals surface area contributed by atoms with Gasteiger partial charge in [-0.25, -0.2) is 14.8 Å². The Kier molecular flexibility index (Phi) is 4.89. The molecule has 0 radical (unpaired) electrons. The molecule has 5 nitrogen and oxygen atoms in total. The van der Waals surface area contributed by atoms with Gasteiger partial charge in [0, 0.05) is 30.4 Å². The van der Waals surface area contributed by atoms with Crippen molar-refractivity contribution in [3.05, 3.63) is 31.7 Å². The lowest BCUT2D eigenvalue weighted by Gasteiger charge is -2.29. The van der Waals surface area contributed by atoms with E-state index in [2.05, 4.69) is 28.5 Å². The van der Waals surface area contributed by atoms with Gasteiger partial charge in [0.25, 0.3) is 0 Å². The monoisotopic (exact) mass is 349 g/mol. The van der Waals surface area contributed by atoms with Crippen LogP contribution in [-0.4, -0.2) is 40.5 Å². The summed E-state index contributed by atoms with van der Waals surface area (Å²) in [5, 5.41) is 1.78. The summed E-state index contributed by atoms with van der Waals surface area (Å²) in [6.07, 6.45) is 6.44. The van der Waals surface area contributed by atoms with E-state index in [-0.39, 0.29) is 5.97 Å². The summed E-state index contributed by atoms with van der Waals surface area (Å²) < 4.78 is 4.69. The summed E-state index contributed by atoms with van der Waals surface area (Å²) in [5.74, 6) is -0.347. The summed E-state index contributed by atoms with van der Waals surface area (Å²) in [7, 11) is 1.37. The molecule has 2 aromatic heterocycles. The van der Waals surface area contributed by atoms with Crippen molar-refractivity contribution >= 4 is 40.8 Å². The molecule has 0 spiro atoms. The topological polar surface area (TPSA) is 55.3 Å². The van der Waals surface area contributed by atoms with Gasteiger partial charge < -0.3 is 4.74 Å². The predicted octanol–water partition coefficient (Wildman–Crippen LogP) is 3.32. The van der Waals surface area contributed by atoms with Gasteiger partial charge in [-0.05, 0) is 26.0 Å². The van der Waals surface area contributed by atoms with E-state index in [4.69, 9.17) is 4.98 Å². The van der Waals surface area contributed by atoms with Crippen LogP contribution in [0.15, 0.2) is 6.20 Å². The molecule has 0 aliphatic carbocycles. The van der Waals surface area contributed by atoms with Crippen molar-refractivity contribution < 1.29 is 9.53 Å². The Morgan fingerprint density at radius 3 is 2.87 bits per heavy atom.